The van der Waals surface area contributed by atoms with E-state index in [1.54, 1.807) is 19.2 Å². The van der Waals surface area contributed by atoms with Crippen LogP contribution in [0.25, 0.3) is 22.5 Å². The molecule has 190 valence electrons. The average molecular weight is 519 g/mol. The summed E-state index contributed by atoms with van der Waals surface area (Å²) >= 11 is 5.86. The van der Waals surface area contributed by atoms with Crippen LogP contribution < -0.4 is 5.32 Å². The summed E-state index contributed by atoms with van der Waals surface area (Å²) in [4.78, 5) is 21.0. The highest BCUT2D eigenvalue weighted by Gasteiger charge is 2.19. The minimum atomic E-state index is -0.798. The molecule has 5 rings (SSSR count). The lowest BCUT2D eigenvalue weighted by Crippen LogP contribution is -2.06. The number of rotatable bonds is 7. The summed E-state index contributed by atoms with van der Waals surface area (Å²) < 4.78 is 10.1. The van der Waals surface area contributed by atoms with Crippen LogP contribution in [-0.4, -0.2) is 29.8 Å². The number of nitrogens with zero attached hydrogens (tertiary/aromatic N) is 1. The summed E-state index contributed by atoms with van der Waals surface area (Å²) in [5.41, 5.74) is 8.44. The summed E-state index contributed by atoms with van der Waals surface area (Å²) in [5.74, 6) is -0.0545. The Morgan fingerprint density at radius 3 is 2.51 bits per heavy atom. The first-order valence-corrected chi connectivity index (χ1v) is 12.2. The number of aryl methyl sites for hydroxylation is 2. The van der Waals surface area contributed by atoms with Crippen molar-refractivity contribution >= 4 is 29.7 Å². The number of fused-ring (bicyclic) bond motifs is 3. The van der Waals surface area contributed by atoms with E-state index in [2.05, 4.69) is 22.6 Å². The molecule has 1 aromatic heterocycles. The second-order valence-corrected chi connectivity index (χ2v) is 9.06. The number of carboxylic acid groups (broad SMARTS) is 1. The number of halogens is 1. The molecule has 0 spiro atoms. The van der Waals surface area contributed by atoms with E-state index >= 15 is 0 Å². The molecule has 3 aromatic carbocycles. The molecular formula is C29H27ClN2O5. The molecule has 0 radical (unpaired) electrons. The van der Waals surface area contributed by atoms with E-state index in [0.717, 1.165) is 41.0 Å². The fraction of sp³-hybridized carbons (Fsp3) is 0.207. The van der Waals surface area contributed by atoms with Gasteiger partial charge < -0.3 is 19.7 Å². The third-order valence-corrected chi connectivity index (χ3v) is 6.63. The molecule has 7 nitrogen and oxygen atoms in total. The number of benzene rings is 3. The zero-order chi connectivity index (χ0) is 26.4. The van der Waals surface area contributed by atoms with Gasteiger partial charge in [-0.1, -0.05) is 65.3 Å². The van der Waals surface area contributed by atoms with Gasteiger partial charge in [-0.15, -0.1) is 0 Å². The average Bonchev–Trinajstić information content (AvgIpc) is 3.37. The van der Waals surface area contributed by atoms with E-state index in [-0.39, 0.29) is 12.5 Å². The van der Waals surface area contributed by atoms with Gasteiger partial charge in [0.15, 0.2) is 5.76 Å². The number of carbonyl (C=O) groups excluding carboxylic acids is 1. The first kappa shape index (κ1) is 26.0. The maximum Gasteiger partial charge on any atom is 0.307 e. The van der Waals surface area contributed by atoms with Gasteiger partial charge in [0.1, 0.15) is 11.8 Å². The smallest absolute Gasteiger partial charge is 0.307 e. The van der Waals surface area contributed by atoms with Crippen molar-refractivity contribution in [1.82, 2.24) is 5.16 Å². The van der Waals surface area contributed by atoms with Gasteiger partial charge in [0.2, 0.25) is 0 Å². The highest BCUT2D eigenvalue weighted by molar-refractivity contribution is 6.31. The number of ether oxygens (including phenoxy) is 1. The summed E-state index contributed by atoms with van der Waals surface area (Å²) in [5, 5.41) is 16.5. The molecule has 1 heterocycles. The fourth-order valence-electron chi connectivity index (χ4n) is 4.46. The molecule has 2 N–H and O–H groups in total. The van der Waals surface area contributed by atoms with Gasteiger partial charge in [-0.05, 0) is 59.7 Å². The summed E-state index contributed by atoms with van der Waals surface area (Å²) in [6.07, 6.45) is 3.30. The van der Waals surface area contributed by atoms with Crippen LogP contribution in [0.3, 0.4) is 0 Å². The van der Waals surface area contributed by atoms with Crippen LogP contribution in [0.5, 0.6) is 0 Å². The van der Waals surface area contributed by atoms with E-state index in [9.17, 15) is 9.59 Å². The summed E-state index contributed by atoms with van der Waals surface area (Å²) in [7, 11) is 1.85. The largest absolute Gasteiger partial charge is 0.481 e. The predicted molar refractivity (Wildman–Crippen MR) is 143 cm³/mol. The van der Waals surface area contributed by atoms with Crippen molar-refractivity contribution in [3.05, 3.63) is 94.1 Å². The van der Waals surface area contributed by atoms with Crippen molar-refractivity contribution in [2.24, 2.45) is 0 Å². The van der Waals surface area contributed by atoms with Crippen LogP contribution in [-0.2, 0) is 33.6 Å². The molecule has 37 heavy (non-hydrogen) atoms. The standard InChI is InChI=1S/C20H18N2O3.C9H9ClO2/c1-21-18-11-22-25-20(18)15-5-7-17-14(10-15)4-3-13-8-12(9-19(23)24)2-6-16(13)17;1-7(12-6-11)8-4-2-3-5-9(8)10/h2,5-8,10-11,21H,3-4,9H2,1H3,(H,23,24);2-7H,1H3. The number of hydrogen-bond donors (Lipinski definition) is 2. The van der Waals surface area contributed by atoms with E-state index < -0.39 is 5.97 Å². The minimum absolute atomic E-state index is 0.0668. The first-order chi connectivity index (χ1) is 17.9. The fourth-order valence-corrected chi connectivity index (χ4v) is 4.75. The third-order valence-electron chi connectivity index (χ3n) is 6.29. The molecule has 1 atom stereocenters. The van der Waals surface area contributed by atoms with E-state index in [4.69, 9.17) is 26.0 Å². The predicted octanol–water partition coefficient (Wildman–Crippen LogP) is 6.35. The van der Waals surface area contributed by atoms with Crippen LogP contribution in [0.4, 0.5) is 5.69 Å². The molecule has 0 saturated carbocycles. The second-order valence-electron chi connectivity index (χ2n) is 8.65. The Kier molecular flexibility index (Phi) is 8.25. The van der Waals surface area contributed by atoms with Crippen molar-refractivity contribution in [3.8, 4) is 22.5 Å². The van der Waals surface area contributed by atoms with Crippen molar-refractivity contribution in [1.29, 1.82) is 0 Å². The molecule has 8 heteroatoms. The lowest BCUT2D eigenvalue weighted by molar-refractivity contribution is -0.136. The molecule has 0 bridgehead atoms. The van der Waals surface area contributed by atoms with Crippen molar-refractivity contribution in [3.63, 3.8) is 0 Å². The zero-order valence-electron chi connectivity index (χ0n) is 20.5. The van der Waals surface area contributed by atoms with Gasteiger partial charge in [0.25, 0.3) is 6.47 Å². The van der Waals surface area contributed by atoms with Gasteiger partial charge in [-0.25, -0.2) is 0 Å². The lowest BCUT2D eigenvalue weighted by Gasteiger charge is -2.21. The molecule has 0 fully saturated rings. The Morgan fingerprint density at radius 1 is 1.14 bits per heavy atom. The van der Waals surface area contributed by atoms with Gasteiger partial charge in [-0.3, -0.25) is 9.59 Å². The summed E-state index contributed by atoms with van der Waals surface area (Å²) in [6.45, 7) is 2.20. The van der Waals surface area contributed by atoms with Crippen LogP contribution in [0.2, 0.25) is 5.02 Å². The quantitative estimate of drug-likeness (QED) is 0.275. The molecule has 1 unspecified atom stereocenters. The van der Waals surface area contributed by atoms with Gasteiger partial charge >= 0.3 is 5.97 Å². The van der Waals surface area contributed by atoms with Crippen molar-refractivity contribution in [2.75, 3.05) is 12.4 Å². The van der Waals surface area contributed by atoms with E-state index in [1.165, 1.54) is 22.3 Å². The Labute approximate surface area is 220 Å². The molecular weight excluding hydrogens is 492 g/mol. The van der Waals surface area contributed by atoms with Gasteiger partial charge in [0.05, 0.1) is 12.6 Å². The molecule has 0 aliphatic heterocycles. The minimum Gasteiger partial charge on any atom is -0.481 e. The molecule has 1 aliphatic carbocycles. The van der Waals surface area contributed by atoms with Gasteiger partial charge in [0, 0.05) is 23.2 Å². The van der Waals surface area contributed by atoms with E-state index in [1.807, 2.05) is 49.5 Å². The van der Waals surface area contributed by atoms with Crippen molar-refractivity contribution in [2.45, 2.75) is 32.3 Å². The van der Waals surface area contributed by atoms with Crippen LogP contribution in [0.15, 0.2) is 71.4 Å². The SMILES string of the molecule is CC(OC=O)c1ccccc1Cl.CNc1cnoc1-c1ccc2c(c1)CCc1cc(CC(=O)O)ccc1-2. The van der Waals surface area contributed by atoms with Crippen LogP contribution in [0.1, 0.15) is 35.3 Å². The Hall–Kier alpha value is -4.10. The zero-order valence-corrected chi connectivity index (χ0v) is 21.3. The maximum atomic E-state index is 10.9. The lowest BCUT2D eigenvalue weighted by atomic mass is 9.83. The maximum absolute atomic E-state index is 10.9. The topological polar surface area (TPSA) is 102 Å². The number of carboxylic acids is 1. The molecule has 0 saturated heterocycles. The van der Waals surface area contributed by atoms with Crippen molar-refractivity contribution < 1.29 is 24.0 Å². The number of nitrogens with one attached hydrogen (secondary N) is 1. The monoisotopic (exact) mass is 518 g/mol. The van der Waals surface area contributed by atoms with Crippen LogP contribution in [0, 0.1) is 0 Å². The first-order valence-electron chi connectivity index (χ1n) is 11.8. The third kappa shape index (κ3) is 6.01. The molecule has 0 amide bonds. The molecule has 4 aromatic rings. The van der Waals surface area contributed by atoms with E-state index in [0.29, 0.717) is 11.5 Å². The normalized spacial score (nSPS) is 12.3. The number of hydrogen-bond acceptors (Lipinski definition) is 6. The highest BCUT2D eigenvalue weighted by atomic mass is 35.5. The number of aliphatic carboxylic acids is 1. The number of carbonyl (C=O) groups is 2. The highest BCUT2D eigenvalue weighted by Crippen LogP contribution is 2.37. The van der Waals surface area contributed by atoms with Gasteiger partial charge in [-0.2, -0.15) is 0 Å². The van der Waals surface area contributed by atoms with Crippen LogP contribution >= 0.6 is 11.6 Å². The second kappa shape index (κ2) is 11.8. The number of anilines is 1. The Balaban J connectivity index is 0.000000225. The molecule has 1 aliphatic rings. The Bertz CT molecular complexity index is 1420. The Morgan fingerprint density at radius 2 is 1.84 bits per heavy atom. The summed E-state index contributed by atoms with van der Waals surface area (Å²) in [6, 6.07) is 19.6. The number of aromatic nitrogens is 1.